The first-order valence-corrected chi connectivity index (χ1v) is 6.07. The van der Waals surface area contributed by atoms with Crippen molar-refractivity contribution < 1.29 is 5.11 Å². The lowest BCUT2D eigenvalue weighted by atomic mass is 10.1. The van der Waals surface area contributed by atoms with E-state index in [0.717, 1.165) is 19.3 Å². The number of halogens is 1. The first kappa shape index (κ1) is 13.8. The van der Waals surface area contributed by atoms with E-state index in [-0.39, 0.29) is 0 Å². The fourth-order valence-electron chi connectivity index (χ4n) is 1.17. The Kier molecular flexibility index (Phi) is 10.7. The van der Waals surface area contributed by atoms with E-state index in [1.807, 2.05) is 0 Å². The first-order chi connectivity index (χ1) is 6.81. The Morgan fingerprint density at radius 3 is 2.64 bits per heavy atom. The van der Waals surface area contributed by atoms with Crippen molar-refractivity contribution in [1.82, 2.24) is 0 Å². The smallest absolute Gasteiger partial charge is 0.114 e. The largest absolute Gasteiger partial charge is 0.380 e. The average Bonchev–Trinajstić information content (AvgIpc) is 2.20. The zero-order valence-electron chi connectivity index (χ0n) is 9.06. The third-order valence-electron chi connectivity index (χ3n) is 2.04. The summed E-state index contributed by atoms with van der Waals surface area (Å²) in [5, 5.41) is 9.35. The molecule has 1 nitrogen and oxygen atoms in total. The van der Waals surface area contributed by atoms with Crippen LogP contribution >= 0.6 is 11.6 Å². The standard InChI is InChI=1S/C12H21ClO/c1-2-3-4-5-6-7-9-12(14)10-8-11-13/h12,14H,2-6,8,10-11H2,1H3. The van der Waals surface area contributed by atoms with Crippen LogP contribution in [0.4, 0.5) is 0 Å². The van der Waals surface area contributed by atoms with Crippen LogP contribution in [0.5, 0.6) is 0 Å². The van der Waals surface area contributed by atoms with E-state index < -0.39 is 6.10 Å². The molecule has 0 fully saturated rings. The number of hydrogen-bond donors (Lipinski definition) is 1. The lowest BCUT2D eigenvalue weighted by Crippen LogP contribution is -2.02. The fourth-order valence-corrected chi connectivity index (χ4v) is 1.33. The average molecular weight is 217 g/mol. The van der Waals surface area contributed by atoms with Gasteiger partial charge in [0.25, 0.3) is 0 Å². The monoisotopic (exact) mass is 216 g/mol. The Bertz CT molecular complexity index is 169. The van der Waals surface area contributed by atoms with Crippen LogP contribution in [-0.4, -0.2) is 17.1 Å². The Balaban J connectivity index is 3.31. The van der Waals surface area contributed by atoms with Crippen molar-refractivity contribution in [3.05, 3.63) is 0 Å². The summed E-state index contributed by atoms with van der Waals surface area (Å²) < 4.78 is 0. The van der Waals surface area contributed by atoms with Crippen LogP contribution in [-0.2, 0) is 0 Å². The maximum atomic E-state index is 9.35. The number of aliphatic hydroxyl groups is 1. The van der Waals surface area contributed by atoms with Crippen LogP contribution < -0.4 is 0 Å². The van der Waals surface area contributed by atoms with Gasteiger partial charge in [0.05, 0.1) is 0 Å². The number of hydrogen-bond acceptors (Lipinski definition) is 1. The van der Waals surface area contributed by atoms with Gasteiger partial charge in [0.15, 0.2) is 0 Å². The SMILES string of the molecule is CCCCCCC#CC(O)CCCCl. The van der Waals surface area contributed by atoms with Gasteiger partial charge < -0.3 is 5.11 Å². The third-order valence-corrected chi connectivity index (χ3v) is 2.30. The highest BCUT2D eigenvalue weighted by molar-refractivity contribution is 6.17. The number of aliphatic hydroxyl groups excluding tert-OH is 1. The molecule has 14 heavy (non-hydrogen) atoms. The minimum atomic E-state index is -0.472. The van der Waals surface area contributed by atoms with Crippen LogP contribution in [0.3, 0.4) is 0 Å². The Morgan fingerprint density at radius 1 is 1.21 bits per heavy atom. The zero-order valence-corrected chi connectivity index (χ0v) is 9.82. The van der Waals surface area contributed by atoms with E-state index >= 15 is 0 Å². The first-order valence-electron chi connectivity index (χ1n) is 5.53. The van der Waals surface area contributed by atoms with Crippen molar-refractivity contribution in [2.45, 2.75) is 58.0 Å². The maximum Gasteiger partial charge on any atom is 0.114 e. The van der Waals surface area contributed by atoms with E-state index in [0.29, 0.717) is 12.3 Å². The summed E-state index contributed by atoms with van der Waals surface area (Å²) in [7, 11) is 0. The molecule has 0 aliphatic rings. The van der Waals surface area contributed by atoms with Gasteiger partial charge in [-0.1, -0.05) is 32.1 Å². The molecule has 0 radical (unpaired) electrons. The minimum absolute atomic E-state index is 0.472. The molecule has 0 aromatic carbocycles. The molecule has 0 aliphatic carbocycles. The Labute approximate surface area is 92.9 Å². The maximum absolute atomic E-state index is 9.35. The molecule has 0 amide bonds. The van der Waals surface area contributed by atoms with Gasteiger partial charge >= 0.3 is 0 Å². The van der Waals surface area contributed by atoms with Crippen LogP contribution in [0, 0.1) is 11.8 Å². The van der Waals surface area contributed by atoms with Crippen molar-refractivity contribution in [1.29, 1.82) is 0 Å². The van der Waals surface area contributed by atoms with E-state index in [1.54, 1.807) is 0 Å². The molecular formula is C12H21ClO. The zero-order chi connectivity index (χ0) is 10.6. The predicted molar refractivity (Wildman–Crippen MR) is 62.5 cm³/mol. The van der Waals surface area contributed by atoms with E-state index in [4.69, 9.17) is 11.6 Å². The third kappa shape index (κ3) is 9.89. The number of rotatable bonds is 7. The van der Waals surface area contributed by atoms with Gasteiger partial charge in [-0.3, -0.25) is 0 Å². The predicted octanol–water partition coefficient (Wildman–Crippen LogP) is 3.34. The molecule has 0 aromatic rings. The van der Waals surface area contributed by atoms with Crippen molar-refractivity contribution in [2.75, 3.05) is 5.88 Å². The van der Waals surface area contributed by atoms with Gasteiger partial charge in [-0.15, -0.1) is 17.5 Å². The van der Waals surface area contributed by atoms with Crippen molar-refractivity contribution in [3.8, 4) is 11.8 Å². The molecule has 0 spiro atoms. The van der Waals surface area contributed by atoms with Gasteiger partial charge in [-0.2, -0.15) is 0 Å². The Hall–Kier alpha value is -0.190. The summed E-state index contributed by atoms with van der Waals surface area (Å²) in [5.41, 5.74) is 0. The molecule has 0 rings (SSSR count). The van der Waals surface area contributed by atoms with Crippen LogP contribution in [0.25, 0.3) is 0 Å². The minimum Gasteiger partial charge on any atom is -0.380 e. The molecule has 1 atom stereocenters. The van der Waals surface area contributed by atoms with Gasteiger partial charge in [0.1, 0.15) is 6.10 Å². The molecule has 2 heteroatoms. The van der Waals surface area contributed by atoms with Gasteiger partial charge in [0.2, 0.25) is 0 Å². The summed E-state index contributed by atoms with van der Waals surface area (Å²) in [6.07, 6.45) is 6.94. The molecule has 82 valence electrons. The molecule has 0 bridgehead atoms. The molecule has 1 unspecified atom stereocenters. The highest BCUT2D eigenvalue weighted by atomic mass is 35.5. The quantitative estimate of drug-likeness (QED) is 0.393. The van der Waals surface area contributed by atoms with Gasteiger partial charge in [0, 0.05) is 12.3 Å². The highest BCUT2D eigenvalue weighted by Gasteiger charge is 1.96. The summed E-state index contributed by atoms with van der Waals surface area (Å²) in [4.78, 5) is 0. The normalized spacial score (nSPS) is 11.9. The van der Waals surface area contributed by atoms with Crippen LogP contribution in [0.1, 0.15) is 51.9 Å². The van der Waals surface area contributed by atoms with Crippen molar-refractivity contribution in [3.63, 3.8) is 0 Å². The molecule has 0 aliphatic heterocycles. The molecule has 1 N–H and O–H groups in total. The fraction of sp³-hybridized carbons (Fsp3) is 0.833. The van der Waals surface area contributed by atoms with E-state index in [2.05, 4.69) is 18.8 Å². The van der Waals surface area contributed by atoms with Gasteiger partial charge in [-0.25, -0.2) is 0 Å². The summed E-state index contributed by atoms with van der Waals surface area (Å²) in [6, 6.07) is 0. The molecular weight excluding hydrogens is 196 g/mol. The number of alkyl halides is 1. The van der Waals surface area contributed by atoms with Crippen LogP contribution in [0.2, 0.25) is 0 Å². The lowest BCUT2D eigenvalue weighted by Gasteiger charge is -1.99. The second-order valence-corrected chi connectivity index (χ2v) is 3.86. The van der Waals surface area contributed by atoms with Crippen molar-refractivity contribution in [2.24, 2.45) is 0 Å². The van der Waals surface area contributed by atoms with Crippen LogP contribution in [0.15, 0.2) is 0 Å². The molecule has 0 heterocycles. The summed E-state index contributed by atoms with van der Waals surface area (Å²) >= 11 is 5.50. The summed E-state index contributed by atoms with van der Waals surface area (Å²) in [5.74, 6) is 6.46. The molecule has 0 saturated carbocycles. The van der Waals surface area contributed by atoms with E-state index in [1.165, 1.54) is 19.3 Å². The van der Waals surface area contributed by atoms with Crippen molar-refractivity contribution >= 4 is 11.6 Å². The second-order valence-electron chi connectivity index (χ2n) is 3.48. The molecule has 0 saturated heterocycles. The number of unbranched alkanes of at least 4 members (excludes halogenated alkanes) is 4. The Morgan fingerprint density at radius 2 is 2.00 bits per heavy atom. The second kappa shape index (κ2) is 10.9. The highest BCUT2D eigenvalue weighted by Crippen LogP contribution is 2.02. The topological polar surface area (TPSA) is 20.2 Å². The lowest BCUT2D eigenvalue weighted by molar-refractivity contribution is 0.221. The summed E-state index contributed by atoms with van der Waals surface area (Å²) in [6.45, 7) is 2.20. The van der Waals surface area contributed by atoms with Gasteiger partial charge in [-0.05, 0) is 19.3 Å². The van der Waals surface area contributed by atoms with E-state index in [9.17, 15) is 5.11 Å². The molecule has 0 aromatic heterocycles.